The van der Waals surface area contributed by atoms with Crippen LogP contribution in [0.25, 0.3) is 10.8 Å². The molecule has 0 heterocycles. The second kappa shape index (κ2) is 10.4. The number of azo groups is 2. The van der Waals surface area contributed by atoms with Gasteiger partial charge in [-0.2, -0.15) is 27.1 Å². The summed E-state index contributed by atoms with van der Waals surface area (Å²) in [4.78, 5) is 8.37. The molecule has 4 aromatic rings. The molecule has 0 aliphatic heterocycles. The topological polar surface area (TPSA) is 248 Å². The third-order valence-electron chi connectivity index (χ3n) is 5.50. The summed E-state index contributed by atoms with van der Waals surface area (Å²) in [5.74, 6) is -0.929. The van der Waals surface area contributed by atoms with E-state index in [1.165, 1.54) is 12.1 Å². The SMILES string of the molecule is Cc1ccc(N=Nc2c(S(=O)(=O)O)cc3cc(S(=O)(=O)O)c(N=Nc4ccc([N+](=O)[O-])cc4)c(O)c3c2N)cc1. The first-order valence-electron chi connectivity index (χ1n) is 10.9. The number of nitrogens with zero attached hydrogens (tertiary/aromatic N) is 5. The molecule has 0 saturated carbocycles. The third-order valence-corrected chi connectivity index (χ3v) is 7.23. The number of hydrogen-bond acceptors (Lipinski definition) is 12. The fraction of sp³-hybridized carbons (Fsp3) is 0.0435. The predicted molar refractivity (Wildman–Crippen MR) is 142 cm³/mol. The van der Waals surface area contributed by atoms with Crippen molar-refractivity contribution in [3.63, 3.8) is 0 Å². The molecule has 5 N–H and O–H groups in total. The molecule has 0 fully saturated rings. The quantitative estimate of drug-likeness (QED) is 0.0678. The minimum Gasteiger partial charge on any atom is -0.505 e. The number of nitrogens with two attached hydrogens (primary N) is 1. The monoisotopic (exact) mass is 586 g/mol. The number of anilines is 1. The molecule has 15 nitrogen and oxygen atoms in total. The summed E-state index contributed by atoms with van der Waals surface area (Å²) in [5.41, 5.74) is 5.27. The molecule has 4 aromatic carbocycles. The van der Waals surface area contributed by atoms with Crippen LogP contribution in [0.4, 0.5) is 34.1 Å². The van der Waals surface area contributed by atoms with Crippen LogP contribution >= 0.6 is 0 Å². The molecule has 206 valence electrons. The van der Waals surface area contributed by atoms with Gasteiger partial charge < -0.3 is 10.8 Å². The maximum atomic E-state index is 12.2. The average Bonchev–Trinajstić information content (AvgIpc) is 2.87. The number of hydrogen-bond donors (Lipinski definition) is 4. The van der Waals surface area contributed by atoms with Crippen molar-refractivity contribution in [2.75, 3.05) is 5.73 Å². The van der Waals surface area contributed by atoms with Gasteiger partial charge in [0.15, 0.2) is 5.75 Å². The lowest BCUT2D eigenvalue weighted by Gasteiger charge is -2.14. The largest absolute Gasteiger partial charge is 0.505 e. The Balaban J connectivity index is 1.98. The molecule has 17 heteroatoms. The van der Waals surface area contributed by atoms with E-state index in [1.807, 2.05) is 6.92 Å². The maximum absolute atomic E-state index is 12.2. The smallest absolute Gasteiger partial charge is 0.296 e. The van der Waals surface area contributed by atoms with E-state index in [-0.39, 0.29) is 22.1 Å². The van der Waals surface area contributed by atoms with E-state index in [9.17, 15) is 41.2 Å². The van der Waals surface area contributed by atoms with Crippen molar-refractivity contribution < 1.29 is 36.0 Å². The number of benzene rings is 4. The molecular weight excluding hydrogens is 568 g/mol. The van der Waals surface area contributed by atoms with Gasteiger partial charge in [0.05, 0.1) is 27.4 Å². The number of nitro benzene ring substituents is 1. The standard InChI is InChI=1S/C23H18N6O9S2/c1-12-2-4-14(5-3-12)25-27-21-17(39(33,34)35)10-13-11-18(40(36,37)38)22(23(30)19(13)20(21)24)28-26-15-6-8-16(9-7-15)29(31)32/h2-11,30H,24H2,1H3,(H,33,34,35)(H,36,37,38). The number of nitro groups is 1. The Kier molecular flexibility index (Phi) is 7.31. The van der Waals surface area contributed by atoms with Crippen LogP contribution in [0.3, 0.4) is 0 Å². The van der Waals surface area contributed by atoms with Crippen LogP contribution in [0, 0.1) is 17.0 Å². The Bertz CT molecular complexity index is 1940. The average molecular weight is 587 g/mol. The minimum atomic E-state index is -5.09. The molecule has 0 aliphatic carbocycles. The second-order valence-corrected chi connectivity index (χ2v) is 11.0. The number of phenols is 1. The zero-order chi connectivity index (χ0) is 29.4. The van der Waals surface area contributed by atoms with Gasteiger partial charge >= 0.3 is 0 Å². The fourth-order valence-corrected chi connectivity index (χ4v) is 4.90. The van der Waals surface area contributed by atoms with Gasteiger partial charge in [-0.1, -0.05) is 17.7 Å². The van der Waals surface area contributed by atoms with E-state index in [4.69, 9.17) is 5.73 Å². The van der Waals surface area contributed by atoms with Crippen LogP contribution in [0.15, 0.2) is 90.9 Å². The third kappa shape index (κ3) is 5.76. The van der Waals surface area contributed by atoms with Crippen molar-refractivity contribution in [3.05, 3.63) is 76.3 Å². The number of rotatable bonds is 7. The molecule has 0 amide bonds. The van der Waals surface area contributed by atoms with Crippen molar-refractivity contribution in [1.82, 2.24) is 0 Å². The van der Waals surface area contributed by atoms with Gasteiger partial charge in [0.25, 0.3) is 25.9 Å². The molecule has 0 saturated heterocycles. The van der Waals surface area contributed by atoms with Crippen molar-refractivity contribution >= 4 is 65.1 Å². The number of nitrogen functional groups attached to an aromatic ring is 1. The Labute approximate surface area is 226 Å². The summed E-state index contributed by atoms with van der Waals surface area (Å²) in [6.07, 6.45) is 0. The van der Waals surface area contributed by atoms with Crippen LogP contribution in [-0.2, 0) is 20.2 Å². The van der Waals surface area contributed by atoms with Crippen molar-refractivity contribution in [3.8, 4) is 5.75 Å². The molecule has 0 atom stereocenters. The van der Waals surface area contributed by atoms with Gasteiger partial charge in [-0.05, 0) is 48.7 Å². The Morgan fingerprint density at radius 2 is 1.23 bits per heavy atom. The highest BCUT2D eigenvalue weighted by Crippen LogP contribution is 2.48. The van der Waals surface area contributed by atoms with Gasteiger partial charge in [-0.15, -0.1) is 10.2 Å². The van der Waals surface area contributed by atoms with Crippen molar-refractivity contribution in [2.45, 2.75) is 16.7 Å². The number of non-ortho nitro benzene ring substituents is 1. The first-order valence-corrected chi connectivity index (χ1v) is 13.8. The molecule has 40 heavy (non-hydrogen) atoms. The van der Waals surface area contributed by atoms with Gasteiger partial charge in [-0.25, -0.2) is 0 Å². The van der Waals surface area contributed by atoms with E-state index in [1.54, 1.807) is 24.3 Å². The van der Waals surface area contributed by atoms with Crippen LogP contribution in [0.1, 0.15) is 5.56 Å². The van der Waals surface area contributed by atoms with Crippen molar-refractivity contribution in [1.29, 1.82) is 0 Å². The normalized spacial score (nSPS) is 12.5. The molecule has 0 bridgehead atoms. The molecule has 0 aliphatic rings. The van der Waals surface area contributed by atoms with Crippen molar-refractivity contribution in [2.24, 2.45) is 20.5 Å². The first-order chi connectivity index (χ1) is 18.7. The lowest BCUT2D eigenvalue weighted by Crippen LogP contribution is -2.03. The lowest BCUT2D eigenvalue weighted by atomic mass is 10.1. The predicted octanol–water partition coefficient (Wildman–Crippen LogP) is 5.67. The minimum absolute atomic E-state index is 0.0219. The number of aryl methyl sites for hydroxylation is 1. The highest BCUT2D eigenvalue weighted by Gasteiger charge is 2.28. The van der Waals surface area contributed by atoms with E-state index >= 15 is 0 Å². The highest BCUT2D eigenvalue weighted by molar-refractivity contribution is 7.86. The molecule has 0 aromatic heterocycles. The molecule has 4 rings (SSSR count). The van der Waals surface area contributed by atoms with Crippen LogP contribution in [0.2, 0.25) is 0 Å². The number of phenolic OH excluding ortho intramolecular Hbond substituents is 1. The summed E-state index contributed by atoms with van der Waals surface area (Å²) in [7, 11) is -10.1. The van der Waals surface area contributed by atoms with E-state index in [0.717, 1.165) is 29.8 Å². The summed E-state index contributed by atoms with van der Waals surface area (Å²) >= 11 is 0. The summed E-state index contributed by atoms with van der Waals surface area (Å²) in [6, 6.07) is 12.8. The van der Waals surface area contributed by atoms with Crippen LogP contribution < -0.4 is 5.73 Å². The zero-order valence-corrected chi connectivity index (χ0v) is 21.8. The van der Waals surface area contributed by atoms with Gasteiger partial charge in [0.2, 0.25) is 0 Å². The Morgan fingerprint density at radius 1 is 0.775 bits per heavy atom. The zero-order valence-electron chi connectivity index (χ0n) is 20.2. The van der Waals surface area contributed by atoms with E-state index < -0.39 is 57.8 Å². The van der Waals surface area contributed by atoms with Gasteiger partial charge in [0.1, 0.15) is 21.2 Å². The summed E-state index contributed by atoms with van der Waals surface area (Å²) in [6.45, 7) is 1.83. The summed E-state index contributed by atoms with van der Waals surface area (Å²) in [5, 5.41) is 36.4. The summed E-state index contributed by atoms with van der Waals surface area (Å²) < 4.78 is 68.2. The maximum Gasteiger partial charge on any atom is 0.296 e. The van der Waals surface area contributed by atoms with Gasteiger partial charge in [0, 0.05) is 12.1 Å². The fourth-order valence-electron chi connectivity index (χ4n) is 3.57. The lowest BCUT2D eigenvalue weighted by molar-refractivity contribution is -0.384. The Hall–Kier alpha value is -4.84. The van der Waals surface area contributed by atoms with Crippen LogP contribution in [-0.4, -0.2) is 36.0 Å². The Morgan fingerprint density at radius 3 is 1.70 bits per heavy atom. The van der Waals surface area contributed by atoms with E-state index in [2.05, 4.69) is 20.5 Å². The first kappa shape index (κ1) is 28.2. The van der Waals surface area contributed by atoms with Gasteiger partial charge in [-0.3, -0.25) is 19.2 Å². The second-order valence-electron chi connectivity index (χ2n) is 8.27. The molecule has 0 spiro atoms. The molecular formula is C23H18N6O9S2. The van der Waals surface area contributed by atoms with E-state index in [0.29, 0.717) is 5.69 Å². The molecule has 0 radical (unpaired) electrons. The number of aromatic hydroxyl groups is 1. The van der Waals surface area contributed by atoms with Crippen LogP contribution in [0.5, 0.6) is 5.75 Å². The molecule has 0 unspecified atom stereocenters. The highest BCUT2D eigenvalue weighted by atomic mass is 32.2. The number of fused-ring (bicyclic) bond motifs is 1.